The number of ether oxygens (including phenoxy) is 2. The van der Waals surface area contributed by atoms with Crippen LogP contribution in [0.2, 0.25) is 0 Å². The summed E-state index contributed by atoms with van der Waals surface area (Å²) in [5, 5.41) is 11.1. The molecule has 0 fully saturated rings. The first kappa shape index (κ1) is 18.2. The van der Waals surface area contributed by atoms with E-state index in [0.717, 1.165) is 12.8 Å². The van der Waals surface area contributed by atoms with Gasteiger partial charge >= 0.3 is 6.09 Å². The Morgan fingerprint density at radius 2 is 2.09 bits per heavy atom. The van der Waals surface area contributed by atoms with Crippen LogP contribution >= 0.6 is 0 Å². The van der Waals surface area contributed by atoms with Gasteiger partial charge in [0.05, 0.1) is 13.2 Å². The van der Waals surface area contributed by atoms with Crippen LogP contribution in [0.15, 0.2) is 35.4 Å². The predicted molar refractivity (Wildman–Crippen MR) is 81.9 cm³/mol. The SMILES string of the molecule is CC(C)(C)OC(=O)NCC(F)=CC1=CCCC=C1OCCO. The number of aliphatic hydroxyl groups is 1. The molecule has 124 valence electrons. The number of allylic oxidation sites excluding steroid dienone is 3. The zero-order valence-electron chi connectivity index (χ0n) is 13.3. The van der Waals surface area contributed by atoms with Gasteiger partial charge in [0, 0.05) is 5.57 Å². The molecule has 0 saturated carbocycles. The molecule has 1 aliphatic rings. The maximum atomic E-state index is 13.9. The van der Waals surface area contributed by atoms with E-state index in [1.54, 1.807) is 20.8 Å². The van der Waals surface area contributed by atoms with E-state index in [4.69, 9.17) is 14.6 Å². The summed E-state index contributed by atoms with van der Waals surface area (Å²) >= 11 is 0. The second-order valence-electron chi connectivity index (χ2n) is 5.82. The zero-order valence-corrected chi connectivity index (χ0v) is 13.3. The van der Waals surface area contributed by atoms with Crippen LogP contribution in [0.5, 0.6) is 0 Å². The van der Waals surface area contributed by atoms with Crippen LogP contribution in [0, 0.1) is 0 Å². The van der Waals surface area contributed by atoms with Crippen LogP contribution in [-0.4, -0.2) is 36.6 Å². The van der Waals surface area contributed by atoms with Gasteiger partial charge in [-0.2, -0.15) is 0 Å². The number of carbonyl (C=O) groups excluding carboxylic acids is 1. The highest BCUT2D eigenvalue weighted by atomic mass is 19.1. The van der Waals surface area contributed by atoms with Gasteiger partial charge in [0.1, 0.15) is 23.8 Å². The molecule has 22 heavy (non-hydrogen) atoms. The van der Waals surface area contributed by atoms with E-state index in [9.17, 15) is 9.18 Å². The minimum atomic E-state index is -0.666. The Bertz CT molecular complexity index is 475. The summed E-state index contributed by atoms with van der Waals surface area (Å²) in [6.45, 7) is 5.02. The summed E-state index contributed by atoms with van der Waals surface area (Å²) in [5.74, 6) is 0.0465. The van der Waals surface area contributed by atoms with Gasteiger partial charge in [-0.05, 0) is 45.8 Å². The van der Waals surface area contributed by atoms with Crippen molar-refractivity contribution in [2.75, 3.05) is 19.8 Å². The van der Waals surface area contributed by atoms with Gasteiger partial charge in [0.2, 0.25) is 0 Å². The van der Waals surface area contributed by atoms with Crippen molar-refractivity contribution in [3.63, 3.8) is 0 Å². The summed E-state index contributed by atoms with van der Waals surface area (Å²) in [6.07, 6.45) is 5.98. The van der Waals surface area contributed by atoms with Gasteiger partial charge in [-0.25, -0.2) is 9.18 Å². The summed E-state index contributed by atoms with van der Waals surface area (Å²) in [6, 6.07) is 0. The molecule has 0 saturated heterocycles. The molecule has 1 rings (SSSR count). The highest BCUT2D eigenvalue weighted by molar-refractivity contribution is 5.68. The maximum Gasteiger partial charge on any atom is 0.408 e. The predicted octanol–water partition coefficient (Wildman–Crippen LogP) is 2.98. The third-order valence-corrected chi connectivity index (χ3v) is 2.61. The van der Waals surface area contributed by atoms with Gasteiger partial charge in [0.25, 0.3) is 0 Å². The molecule has 0 aromatic heterocycles. The number of hydrogen-bond acceptors (Lipinski definition) is 4. The van der Waals surface area contributed by atoms with E-state index >= 15 is 0 Å². The second kappa shape index (κ2) is 8.58. The van der Waals surface area contributed by atoms with Crippen LogP contribution in [0.25, 0.3) is 0 Å². The first-order chi connectivity index (χ1) is 10.3. The number of hydrogen-bond donors (Lipinski definition) is 2. The van der Waals surface area contributed by atoms with Crippen molar-refractivity contribution in [1.82, 2.24) is 5.32 Å². The molecule has 2 N–H and O–H groups in total. The topological polar surface area (TPSA) is 67.8 Å². The van der Waals surface area contributed by atoms with E-state index < -0.39 is 17.5 Å². The molecule has 1 amide bonds. The molecular weight excluding hydrogens is 289 g/mol. The molecule has 1 aliphatic carbocycles. The zero-order chi connectivity index (χ0) is 16.6. The van der Waals surface area contributed by atoms with Crippen molar-refractivity contribution >= 4 is 6.09 Å². The van der Waals surface area contributed by atoms with Gasteiger partial charge in [-0.3, -0.25) is 0 Å². The average molecular weight is 313 g/mol. The van der Waals surface area contributed by atoms with E-state index in [2.05, 4.69) is 5.32 Å². The molecule has 0 aromatic rings. The fourth-order valence-corrected chi connectivity index (χ4v) is 1.79. The van der Waals surface area contributed by atoms with Crippen molar-refractivity contribution in [3.8, 4) is 0 Å². The molecule has 0 aliphatic heterocycles. The van der Waals surface area contributed by atoms with Crippen molar-refractivity contribution in [3.05, 3.63) is 35.4 Å². The third-order valence-electron chi connectivity index (χ3n) is 2.61. The molecule has 5 nitrogen and oxygen atoms in total. The highest BCUT2D eigenvalue weighted by Gasteiger charge is 2.16. The first-order valence-corrected chi connectivity index (χ1v) is 7.29. The maximum absolute atomic E-state index is 13.9. The van der Waals surface area contributed by atoms with E-state index in [-0.39, 0.29) is 19.8 Å². The lowest BCUT2D eigenvalue weighted by Gasteiger charge is -2.19. The molecule has 0 unspecified atom stereocenters. The smallest absolute Gasteiger partial charge is 0.408 e. The Balaban J connectivity index is 2.54. The van der Waals surface area contributed by atoms with Crippen molar-refractivity contribution in [1.29, 1.82) is 0 Å². The van der Waals surface area contributed by atoms with Crippen LogP contribution in [0.3, 0.4) is 0 Å². The van der Waals surface area contributed by atoms with Crippen LogP contribution in [0.1, 0.15) is 33.6 Å². The van der Waals surface area contributed by atoms with E-state index in [1.165, 1.54) is 6.08 Å². The quantitative estimate of drug-likeness (QED) is 0.791. The van der Waals surface area contributed by atoms with Gasteiger partial charge < -0.3 is 19.9 Å². The Morgan fingerprint density at radius 1 is 1.41 bits per heavy atom. The van der Waals surface area contributed by atoms with Crippen molar-refractivity contribution in [2.24, 2.45) is 0 Å². The molecule has 0 radical (unpaired) electrons. The molecule has 0 atom stereocenters. The number of halogens is 1. The molecule has 0 heterocycles. The summed E-state index contributed by atoms with van der Waals surface area (Å²) in [5.41, 5.74) is -0.00676. The number of carbonyl (C=O) groups is 1. The van der Waals surface area contributed by atoms with E-state index in [0.29, 0.717) is 11.3 Å². The number of amides is 1. The molecule has 0 aromatic carbocycles. The fraction of sp³-hybridized carbons (Fsp3) is 0.562. The largest absolute Gasteiger partial charge is 0.491 e. The molecular formula is C16H24FNO4. The van der Waals surface area contributed by atoms with E-state index in [1.807, 2.05) is 12.2 Å². The van der Waals surface area contributed by atoms with Crippen molar-refractivity contribution in [2.45, 2.75) is 39.2 Å². The normalized spacial score (nSPS) is 15.8. The van der Waals surface area contributed by atoms with Gasteiger partial charge in [-0.15, -0.1) is 0 Å². The Morgan fingerprint density at radius 3 is 2.73 bits per heavy atom. The molecule has 6 heteroatoms. The number of nitrogens with one attached hydrogen (secondary N) is 1. The Kier molecular flexibility index (Phi) is 7.11. The lowest BCUT2D eigenvalue weighted by Crippen LogP contribution is -2.33. The van der Waals surface area contributed by atoms with Crippen LogP contribution in [-0.2, 0) is 9.47 Å². The monoisotopic (exact) mass is 313 g/mol. The van der Waals surface area contributed by atoms with Crippen LogP contribution < -0.4 is 5.32 Å². The van der Waals surface area contributed by atoms with Crippen molar-refractivity contribution < 1.29 is 23.8 Å². The lowest BCUT2D eigenvalue weighted by atomic mass is 10.0. The number of aliphatic hydroxyl groups excluding tert-OH is 1. The minimum absolute atomic E-state index is 0.100. The summed E-state index contributed by atoms with van der Waals surface area (Å²) < 4.78 is 24.3. The third kappa shape index (κ3) is 7.26. The summed E-state index contributed by atoms with van der Waals surface area (Å²) in [7, 11) is 0. The Labute approximate surface area is 130 Å². The molecule has 0 bridgehead atoms. The molecule has 0 spiro atoms. The lowest BCUT2D eigenvalue weighted by molar-refractivity contribution is 0.0530. The number of alkyl carbamates (subject to hydrolysis) is 1. The Hall–Kier alpha value is -1.82. The highest BCUT2D eigenvalue weighted by Crippen LogP contribution is 2.22. The minimum Gasteiger partial charge on any atom is -0.491 e. The van der Waals surface area contributed by atoms with Crippen LogP contribution in [0.4, 0.5) is 9.18 Å². The standard InChI is InChI=1S/C16H24FNO4/c1-16(2,3)22-15(20)18-11-13(17)10-12-6-4-5-7-14(12)21-9-8-19/h6-7,10,19H,4-5,8-9,11H2,1-3H3,(H,18,20). The summed E-state index contributed by atoms with van der Waals surface area (Å²) in [4.78, 5) is 11.5. The van der Waals surface area contributed by atoms with Gasteiger partial charge in [-0.1, -0.05) is 6.08 Å². The average Bonchev–Trinajstić information content (AvgIpc) is 2.42. The van der Waals surface area contributed by atoms with Gasteiger partial charge in [0.15, 0.2) is 0 Å². The second-order valence-corrected chi connectivity index (χ2v) is 5.82. The first-order valence-electron chi connectivity index (χ1n) is 7.29. The number of rotatable bonds is 6. The fourth-order valence-electron chi connectivity index (χ4n) is 1.79.